The Morgan fingerprint density at radius 1 is 0.281 bits per heavy atom. The predicted molar refractivity (Wildman–Crippen MR) is 277 cm³/mol. The number of nitrogens with zero attached hydrogens (tertiary/aromatic N) is 4. The monoisotopic (exact) mass is 849 g/mol. The average molecular weight is 849 g/mol. The Hall–Kier alpha value is -5.74. The van der Waals surface area contributed by atoms with Crippen molar-refractivity contribution >= 4 is 45.5 Å². The molecule has 0 spiro atoms. The van der Waals surface area contributed by atoms with Gasteiger partial charge >= 0.3 is 0 Å². The third-order valence-corrected chi connectivity index (χ3v) is 13.3. The fourth-order valence-electron chi connectivity index (χ4n) is 9.08. The largest absolute Gasteiger partial charge is 0.291 e. The van der Waals surface area contributed by atoms with E-state index in [-0.39, 0.29) is 21.7 Å². The van der Waals surface area contributed by atoms with E-state index in [1.54, 1.807) is 0 Å². The zero-order valence-electron chi connectivity index (χ0n) is 41.6. The summed E-state index contributed by atoms with van der Waals surface area (Å²) in [5.74, 6) is 2.86. The molecule has 0 N–H and O–H groups in total. The van der Waals surface area contributed by atoms with Gasteiger partial charge in [0.25, 0.3) is 0 Å². The molecule has 0 saturated heterocycles. The normalized spacial score (nSPS) is 15.8. The minimum absolute atomic E-state index is 0.0155. The molecule has 0 atom stereocenters. The van der Waals surface area contributed by atoms with Crippen molar-refractivity contribution in [2.75, 3.05) is 19.6 Å². The number of hydrogen-bond donors (Lipinski definition) is 0. The minimum atomic E-state index is 0.0155. The predicted octanol–water partition coefficient (Wildman–Crippen LogP) is 17.5. The Morgan fingerprint density at radius 2 is 0.500 bits per heavy atom. The lowest BCUT2D eigenvalue weighted by Crippen LogP contribution is -2.33. The smallest absolute Gasteiger partial charge is 0.166 e. The summed E-state index contributed by atoms with van der Waals surface area (Å²) in [4.78, 5) is 10.1. The first-order chi connectivity index (χ1) is 29.9. The van der Waals surface area contributed by atoms with Crippen LogP contribution in [0, 0.1) is 0 Å². The molecule has 332 valence electrons. The quantitative estimate of drug-likeness (QED) is 0.166. The van der Waals surface area contributed by atoms with Crippen LogP contribution < -0.4 is 19.6 Å². The van der Waals surface area contributed by atoms with Crippen LogP contribution in [0.25, 0.3) is 0 Å². The van der Waals surface area contributed by atoms with Gasteiger partial charge < -0.3 is 0 Å². The number of anilines is 8. The van der Waals surface area contributed by atoms with Crippen molar-refractivity contribution < 1.29 is 0 Å². The number of rotatable bonds is 6. The minimum Gasteiger partial charge on any atom is -0.291 e. The van der Waals surface area contributed by atoms with Crippen LogP contribution in [0.2, 0.25) is 0 Å². The van der Waals surface area contributed by atoms with Crippen LogP contribution in [-0.2, 0) is 21.7 Å². The molecule has 2 aliphatic rings. The molecule has 0 radical (unpaired) electrons. The van der Waals surface area contributed by atoms with Crippen LogP contribution in [0.4, 0.5) is 45.5 Å². The van der Waals surface area contributed by atoms with Gasteiger partial charge in [-0.1, -0.05) is 171 Å². The molecule has 2 heterocycles. The topological polar surface area (TPSA) is 13.0 Å². The molecular weight excluding hydrogens is 777 g/mol. The Kier molecular flexibility index (Phi) is 11.2. The third kappa shape index (κ3) is 8.26. The first kappa shape index (κ1) is 44.9. The Morgan fingerprint density at radius 3 is 0.703 bits per heavy atom. The highest BCUT2D eigenvalue weighted by Crippen LogP contribution is 2.58. The molecule has 8 rings (SSSR count). The molecule has 0 aliphatic carbocycles. The summed E-state index contributed by atoms with van der Waals surface area (Å²) in [5, 5.41) is 0. The first-order valence-corrected chi connectivity index (χ1v) is 23.6. The summed E-state index contributed by atoms with van der Waals surface area (Å²) in [6, 6.07) is 51.5. The molecule has 4 heteroatoms. The van der Waals surface area contributed by atoms with Crippen molar-refractivity contribution in [3.05, 3.63) is 178 Å². The molecular formula is C60H72N4. The zero-order chi connectivity index (χ0) is 46.3. The lowest BCUT2D eigenvalue weighted by molar-refractivity contribution is 0.590. The van der Waals surface area contributed by atoms with E-state index in [1.807, 2.05) is 0 Å². The van der Waals surface area contributed by atoms with Gasteiger partial charge in [0.15, 0.2) is 11.6 Å². The van der Waals surface area contributed by atoms with Gasteiger partial charge in [-0.05, 0) is 140 Å². The fourth-order valence-corrected chi connectivity index (χ4v) is 9.08. The van der Waals surface area contributed by atoms with Gasteiger partial charge in [0, 0.05) is 22.7 Å². The highest BCUT2D eigenvalue weighted by atomic mass is 15.5. The lowest BCUT2D eigenvalue weighted by atomic mass is 9.87. The molecule has 6 aromatic carbocycles. The van der Waals surface area contributed by atoms with Gasteiger partial charge in [-0.25, -0.2) is 0 Å². The summed E-state index contributed by atoms with van der Waals surface area (Å²) in [6.07, 6.45) is 0. The maximum absolute atomic E-state index is 2.54. The maximum Gasteiger partial charge on any atom is 0.166 e. The maximum atomic E-state index is 2.54. The second-order valence-electron chi connectivity index (χ2n) is 23.0. The average Bonchev–Trinajstić information content (AvgIpc) is 3.75. The zero-order valence-corrected chi connectivity index (χ0v) is 41.6. The summed E-state index contributed by atoms with van der Waals surface area (Å²) < 4.78 is 0. The molecule has 4 nitrogen and oxygen atoms in total. The van der Waals surface area contributed by atoms with E-state index >= 15 is 0 Å². The molecule has 6 aromatic rings. The van der Waals surface area contributed by atoms with Gasteiger partial charge in [0.2, 0.25) is 0 Å². The number of fused-ring (bicyclic) bond motifs is 2. The van der Waals surface area contributed by atoms with E-state index in [0.29, 0.717) is 11.8 Å². The van der Waals surface area contributed by atoms with Crippen LogP contribution in [0.1, 0.15) is 156 Å². The summed E-state index contributed by atoms with van der Waals surface area (Å²) in [7, 11) is 0. The highest BCUT2D eigenvalue weighted by Gasteiger charge is 2.45. The number of benzene rings is 6. The Bertz CT molecular complexity index is 2480. The van der Waals surface area contributed by atoms with Crippen LogP contribution >= 0.6 is 0 Å². The third-order valence-electron chi connectivity index (χ3n) is 13.3. The van der Waals surface area contributed by atoms with Gasteiger partial charge in [-0.3, -0.25) is 19.6 Å². The van der Waals surface area contributed by atoms with Gasteiger partial charge in [-0.15, -0.1) is 0 Å². The summed E-state index contributed by atoms with van der Waals surface area (Å²) in [6.45, 7) is 36.7. The number of hydrogen-bond acceptors (Lipinski definition) is 4. The van der Waals surface area contributed by atoms with Crippen molar-refractivity contribution in [3.8, 4) is 0 Å². The van der Waals surface area contributed by atoms with E-state index in [1.165, 1.54) is 44.8 Å². The van der Waals surface area contributed by atoms with E-state index < -0.39 is 0 Å². The molecule has 2 aliphatic heterocycles. The Balaban J connectivity index is 1.54. The SMILES string of the molecule is CC(C)c1ccc2c(c1)N(c1ccc(C(C)(C)C)cc1)/C(=C1\N(c3ccc(C(C)(C)C)cc3)c3ccc(C(C)C)cc3N1c1ccc(C(C)(C)C)cc1)N2c1ccc(C(C)(C)C)cc1. The van der Waals surface area contributed by atoms with Crippen molar-refractivity contribution in [3.63, 3.8) is 0 Å². The summed E-state index contributed by atoms with van der Waals surface area (Å²) in [5.41, 5.74) is 17.1. The molecule has 0 bridgehead atoms. The molecule has 64 heavy (non-hydrogen) atoms. The van der Waals surface area contributed by atoms with Crippen molar-refractivity contribution in [2.24, 2.45) is 0 Å². The highest BCUT2D eigenvalue weighted by molar-refractivity contribution is 6.00. The van der Waals surface area contributed by atoms with E-state index in [4.69, 9.17) is 0 Å². The lowest BCUT2D eigenvalue weighted by Gasteiger charge is -2.35. The molecule has 0 amide bonds. The molecule has 0 fully saturated rings. The Labute approximate surface area is 386 Å². The first-order valence-electron chi connectivity index (χ1n) is 23.6. The van der Waals surface area contributed by atoms with Crippen LogP contribution in [0.5, 0.6) is 0 Å². The van der Waals surface area contributed by atoms with Crippen molar-refractivity contribution in [1.29, 1.82) is 0 Å². The molecule has 0 saturated carbocycles. The van der Waals surface area contributed by atoms with Gasteiger partial charge in [0.1, 0.15) is 0 Å². The molecule has 0 aromatic heterocycles. The van der Waals surface area contributed by atoms with Crippen LogP contribution in [0.15, 0.2) is 145 Å². The van der Waals surface area contributed by atoms with Crippen LogP contribution in [-0.4, -0.2) is 0 Å². The van der Waals surface area contributed by atoms with E-state index in [0.717, 1.165) is 45.8 Å². The van der Waals surface area contributed by atoms with Crippen molar-refractivity contribution in [1.82, 2.24) is 0 Å². The van der Waals surface area contributed by atoms with E-state index in [9.17, 15) is 0 Å². The standard InChI is InChI=1S/C60H72N4/c1-39(2)41-17-35-51-53(37-41)63(49-31-23-45(24-32-49)59(11,12)13)55(61(51)47-27-19-43(20-28-47)57(5,6)7)56-62(48-29-21-44(22-30-48)58(8,9)10)52-36-18-42(40(3)4)38-54(52)64(56)50-33-25-46(26-34-50)60(14,15)16/h17-40H,1-16H3/b56-55+. The van der Waals surface area contributed by atoms with Gasteiger partial charge in [-0.2, -0.15) is 0 Å². The van der Waals surface area contributed by atoms with Crippen LogP contribution in [0.3, 0.4) is 0 Å². The van der Waals surface area contributed by atoms with E-state index in [2.05, 4.69) is 264 Å². The summed E-state index contributed by atoms with van der Waals surface area (Å²) >= 11 is 0. The van der Waals surface area contributed by atoms with Crippen molar-refractivity contribution in [2.45, 2.75) is 144 Å². The second kappa shape index (κ2) is 16.1. The fraction of sp³-hybridized carbons (Fsp3) is 0.367. The second-order valence-corrected chi connectivity index (χ2v) is 23.0. The molecule has 0 unspecified atom stereocenters. The van der Waals surface area contributed by atoms with Gasteiger partial charge in [0.05, 0.1) is 22.7 Å².